The Morgan fingerprint density at radius 1 is 1.23 bits per heavy atom. The van der Waals surface area contributed by atoms with Crippen molar-refractivity contribution in [2.75, 3.05) is 19.7 Å². The SMILES string of the molecule is CCCOC1CCCN(C(=O)c2nnc3n2CCCCC3)C1. The van der Waals surface area contributed by atoms with E-state index in [0.29, 0.717) is 12.4 Å². The molecule has 22 heavy (non-hydrogen) atoms. The van der Waals surface area contributed by atoms with Gasteiger partial charge < -0.3 is 14.2 Å². The summed E-state index contributed by atoms with van der Waals surface area (Å²) in [5.41, 5.74) is 0. The second-order valence-corrected chi connectivity index (χ2v) is 6.29. The Labute approximate surface area is 131 Å². The van der Waals surface area contributed by atoms with Crippen LogP contribution in [0.1, 0.15) is 61.9 Å². The monoisotopic (exact) mass is 306 g/mol. The molecule has 3 rings (SSSR count). The first-order valence-electron chi connectivity index (χ1n) is 8.62. The first-order valence-corrected chi connectivity index (χ1v) is 8.62. The smallest absolute Gasteiger partial charge is 0.291 e. The zero-order valence-electron chi connectivity index (χ0n) is 13.5. The molecule has 3 heterocycles. The van der Waals surface area contributed by atoms with E-state index >= 15 is 0 Å². The summed E-state index contributed by atoms with van der Waals surface area (Å²) in [5.74, 6) is 1.51. The van der Waals surface area contributed by atoms with Crippen LogP contribution in [0.25, 0.3) is 0 Å². The van der Waals surface area contributed by atoms with Crippen LogP contribution in [0.3, 0.4) is 0 Å². The van der Waals surface area contributed by atoms with Crippen molar-refractivity contribution < 1.29 is 9.53 Å². The third-order valence-electron chi connectivity index (χ3n) is 4.52. The molecule has 6 nitrogen and oxygen atoms in total. The molecule has 1 fully saturated rings. The Balaban J connectivity index is 1.69. The largest absolute Gasteiger partial charge is 0.376 e. The van der Waals surface area contributed by atoms with E-state index < -0.39 is 0 Å². The molecule has 1 aromatic rings. The van der Waals surface area contributed by atoms with E-state index in [9.17, 15) is 4.79 Å². The van der Waals surface area contributed by atoms with Crippen LogP contribution in [-0.4, -0.2) is 51.4 Å². The highest BCUT2D eigenvalue weighted by Crippen LogP contribution is 2.19. The summed E-state index contributed by atoms with van der Waals surface area (Å²) in [4.78, 5) is 14.7. The average Bonchev–Trinajstić information content (AvgIpc) is 2.81. The van der Waals surface area contributed by atoms with Crippen LogP contribution in [-0.2, 0) is 17.7 Å². The number of ether oxygens (including phenoxy) is 1. The van der Waals surface area contributed by atoms with Gasteiger partial charge >= 0.3 is 0 Å². The van der Waals surface area contributed by atoms with Crippen molar-refractivity contribution in [2.24, 2.45) is 0 Å². The van der Waals surface area contributed by atoms with Crippen molar-refractivity contribution in [2.45, 2.75) is 64.5 Å². The number of amides is 1. The molecule has 0 N–H and O–H groups in total. The molecule has 2 aliphatic heterocycles. The maximum absolute atomic E-state index is 12.8. The summed E-state index contributed by atoms with van der Waals surface area (Å²) < 4.78 is 7.86. The van der Waals surface area contributed by atoms with Gasteiger partial charge in [0.25, 0.3) is 5.91 Å². The highest BCUT2D eigenvalue weighted by Gasteiger charge is 2.29. The highest BCUT2D eigenvalue weighted by molar-refractivity contribution is 5.90. The fraction of sp³-hybridized carbons (Fsp3) is 0.812. The lowest BCUT2D eigenvalue weighted by molar-refractivity contribution is 0.00154. The van der Waals surface area contributed by atoms with E-state index in [4.69, 9.17) is 4.74 Å². The van der Waals surface area contributed by atoms with E-state index in [-0.39, 0.29) is 12.0 Å². The number of aromatic nitrogens is 3. The Kier molecular flexibility index (Phi) is 5.08. The number of fused-ring (bicyclic) bond motifs is 1. The molecule has 0 radical (unpaired) electrons. The number of carbonyl (C=O) groups excluding carboxylic acids is 1. The molecular weight excluding hydrogens is 280 g/mol. The van der Waals surface area contributed by atoms with E-state index in [1.165, 1.54) is 6.42 Å². The Hall–Kier alpha value is -1.43. The van der Waals surface area contributed by atoms with Crippen LogP contribution in [0.5, 0.6) is 0 Å². The fourth-order valence-corrected chi connectivity index (χ4v) is 3.33. The van der Waals surface area contributed by atoms with Gasteiger partial charge in [-0.2, -0.15) is 0 Å². The van der Waals surface area contributed by atoms with Gasteiger partial charge in [-0.25, -0.2) is 0 Å². The topological polar surface area (TPSA) is 60.2 Å². The molecule has 0 saturated carbocycles. The van der Waals surface area contributed by atoms with E-state index in [1.807, 2.05) is 9.47 Å². The third kappa shape index (κ3) is 3.32. The van der Waals surface area contributed by atoms with Crippen LogP contribution in [0, 0.1) is 0 Å². The van der Waals surface area contributed by atoms with E-state index in [1.54, 1.807) is 0 Å². The fourth-order valence-electron chi connectivity index (χ4n) is 3.33. The van der Waals surface area contributed by atoms with Gasteiger partial charge in [-0.1, -0.05) is 13.3 Å². The van der Waals surface area contributed by atoms with Gasteiger partial charge in [0.1, 0.15) is 5.82 Å². The summed E-state index contributed by atoms with van der Waals surface area (Å²) in [6, 6.07) is 0. The number of likely N-dealkylation sites (tertiary alicyclic amines) is 1. The van der Waals surface area contributed by atoms with Crippen molar-refractivity contribution in [3.63, 3.8) is 0 Å². The van der Waals surface area contributed by atoms with Crippen molar-refractivity contribution >= 4 is 5.91 Å². The number of carbonyl (C=O) groups is 1. The first-order chi connectivity index (χ1) is 10.8. The molecule has 0 spiro atoms. The second-order valence-electron chi connectivity index (χ2n) is 6.29. The lowest BCUT2D eigenvalue weighted by atomic mass is 10.1. The molecule has 1 aromatic heterocycles. The molecule has 122 valence electrons. The van der Waals surface area contributed by atoms with Gasteiger partial charge in [0, 0.05) is 32.7 Å². The zero-order chi connectivity index (χ0) is 15.4. The van der Waals surface area contributed by atoms with Crippen LogP contribution in [0.15, 0.2) is 0 Å². The molecule has 1 unspecified atom stereocenters. The maximum Gasteiger partial charge on any atom is 0.291 e. The van der Waals surface area contributed by atoms with Gasteiger partial charge in [-0.05, 0) is 32.1 Å². The number of hydrogen-bond donors (Lipinski definition) is 0. The standard InChI is InChI=1S/C16H26N4O2/c1-2-11-22-13-7-6-9-19(12-13)16(21)15-18-17-14-8-4-3-5-10-20(14)15/h13H,2-12H2,1H3. The summed E-state index contributed by atoms with van der Waals surface area (Å²) >= 11 is 0. The zero-order valence-corrected chi connectivity index (χ0v) is 13.5. The first kappa shape index (κ1) is 15.5. The summed E-state index contributed by atoms with van der Waals surface area (Å²) in [6.45, 7) is 5.23. The molecule has 2 aliphatic rings. The Bertz CT molecular complexity index is 514. The molecule has 1 saturated heterocycles. The number of rotatable bonds is 4. The average molecular weight is 306 g/mol. The summed E-state index contributed by atoms with van der Waals surface area (Å²) in [6.07, 6.45) is 7.61. The van der Waals surface area contributed by atoms with Crippen molar-refractivity contribution in [1.82, 2.24) is 19.7 Å². The number of piperidine rings is 1. The molecule has 0 aromatic carbocycles. The van der Waals surface area contributed by atoms with Gasteiger partial charge in [-0.3, -0.25) is 4.79 Å². The molecule has 1 amide bonds. The summed E-state index contributed by atoms with van der Waals surface area (Å²) in [5, 5.41) is 8.42. The van der Waals surface area contributed by atoms with Gasteiger partial charge in [0.2, 0.25) is 5.82 Å². The molecule has 0 bridgehead atoms. The van der Waals surface area contributed by atoms with Crippen molar-refractivity contribution in [3.8, 4) is 0 Å². The van der Waals surface area contributed by atoms with Crippen molar-refractivity contribution in [3.05, 3.63) is 11.6 Å². The Morgan fingerprint density at radius 2 is 2.14 bits per heavy atom. The minimum atomic E-state index is 0.0189. The predicted molar refractivity (Wildman–Crippen MR) is 82.7 cm³/mol. The van der Waals surface area contributed by atoms with E-state index in [0.717, 1.165) is 64.0 Å². The van der Waals surface area contributed by atoms with Gasteiger partial charge in [0.05, 0.1) is 6.10 Å². The third-order valence-corrected chi connectivity index (χ3v) is 4.52. The Morgan fingerprint density at radius 3 is 3.00 bits per heavy atom. The molecule has 6 heteroatoms. The van der Waals surface area contributed by atoms with Crippen LogP contribution in [0.4, 0.5) is 0 Å². The summed E-state index contributed by atoms with van der Waals surface area (Å²) in [7, 11) is 0. The van der Waals surface area contributed by atoms with Crippen LogP contribution in [0.2, 0.25) is 0 Å². The lowest BCUT2D eigenvalue weighted by Crippen LogP contribution is -2.44. The number of aryl methyl sites for hydroxylation is 1. The number of hydrogen-bond acceptors (Lipinski definition) is 4. The molecular formula is C16H26N4O2. The lowest BCUT2D eigenvalue weighted by Gasteiger charge is -2.32. The minimum absolute atomic E-state index is 0.0189. The van der Waals surface area contributed by atoms with Crippen LogP contribution < -0.4 is 0 Å². The molecule has 1 atom stereocenters. The quantitative estimate of drug-likeness (QED) is 0.854. The normalized spacial score (nSPS) is 22.2. The highest BCUT2D eigenvalue weighted by atomic mass is 16.5. The van der Waals surface area contributed by atoms with E-state index in [2.05, 4.69) is 17.1 Å². The van der Waals surface area contributed by atoms with Crippen molar-refractivity contribution in [1.29, 1.82) is 0 Å². The number of nitrogens with zero attached hydrogens (tertiary/aromatic N) is 4. The van der Waals surface area contributed by atoms with Gasteiger partial charge in [0.15, 0.2) is 0 Å². The minimum Gasteiger partial charge on any atom is -0.376 e. The maximum atomic E-state index is 12.8. The predicted octanol–water partition coefficient (Wildman–Crippen LogP) is 2.04. The van der Waals surface area contributed by atoms with Crippen LogP contribution >= 0.6 is 0 Å². The van der Waals surface area contributed by atoms with Gasteiger partial charge in [-0.15, -0.1) is 10.2 Å². The molecule has 0 aliphatic carbocycles. The second kappa shape index (κ2) is 7.22.